The van der Waals surface area contributed by atoms with E-state index in [-0.39, 0.29) is 0 Å². The SMILES string of the molecule is OB(O)Oc1cc(-c2c(F)c(F)c(F)c(F)c2F)c(-c2c(F)c(F)c(F)c(F)c2F)c(-c2c(F)c(F)c(F)c(F)c2F)c1-c1c(F)c(F)c(F)c(F)c1F. The van der Waals surface area contributed by atoms with Gasteiger partial charge in [-0.3, -0.25) is 0 Å². The van der Waals surface area contributed by atoms with Gasteiger partial charge in [-0.1, -0.05) is 0 Å². The number of benzene rings is 5. The summed E-state index contributed by atoms with van der Waals surface area (Å²) in [5.41, 5.74) is -22.2. The molecule has 0 saturated heterocycles. The van der Waals surface area contributed by atoms with Gasteiger partial charge in [0.25, 0.3) is 0 Å². The molecule has 0 saturated carbocycles. The van der Waals surface area contributed by atoms with Crippen LogP contribution in [0.1, 0.15) is 0 Å². The summed E-state index contributed by atoms with van der Waals surface area (Å²) in [7, 11) is -3.63. The second-order valence-corrected chi connectivity index (χ2v) is 10.3. The van der Waals surface area contributed by atoms with E-state index >= 15 is 35.1 Å². The Bertz CT molecular complexity index is 2350. The molecular formula is C30H3BF20O3. The van der Waals surface area contributed by atoms with Crippen LogP contribution in [0.3, 0.4) is 0 Å². The minimum absolute atomic E-state index is 0.659. The molecule has 5 aromatic rings. The van der Waals surface area contributed by atoms with Gasteiger partial charge in [0.05, 0.1) is 22.3 Å². The molecular weight excluding hydrogens is 799 g/mol. The molecule has 0 amide bonds. The highest BCUT2D eigenvalue weighted by Gasteiger charge is 2.41. The Morgan fingerprint density at radius 2 is 0.500 bits per heavy atom. The maximum Gasteiger partial charge on any atom is 0.707 e. The normalized spacial score (nSPS) is 11.5. The second kappa shape index (κ2) is 13.7. The molecule has 284 valence electrons. The van der Waals surface area contributed by atoms with Crippen LogP contribution >= 0.6 is 0 Å². The smallest absolute Gasteiger partial charge is 0.511 e. The van der Waals surface area contributed by atoms with E-state index in [1.54, 1.807) is 0 Å². The molecule has 24 heteroatoms. The van der Waals surface area contributed by atoms with Crippen LogP contribution in [0.2, 0.25) is 0 Å². The lowest BCUT2D eigenvalue weighted by Gasteiger charge is -2.26. The average Bonchev–Trinajstić information content (AvgIpc) is 3.13. The molecule has 0 aromatic heterocycles. The maximum absolute atomic E-state index is 15.6. The van der Waals surface area contributed by atoms with E-state index in [1.165, 1.54) is 0 Å². The summed E-state index contributed by atoms with van der Waals surface area (Å²) in [5.74, 6) is -66.6. The lowest BCUT2D eigenvalue weighted by Crippen LogP contribution is -2.22. The van der Waals surface area contributed by atoms with E-state index < -0.39 is 180 Å². The van der Waals surface area contributed by atoms with Crippen LogP contribution in [0, 0.1) is 116 Å². The van der Waals surface area contributed by atoms with Crippen molar-refractivity contribution in [1.82, 2.24) is 0 Å². The Kier molecular flexibility index (Phi) is 10.1. The molecule has 0 fully saturated rings. The third kappa shape index (κ3) is 5.65. The van der Waals surface area contributed by atoms with Crippen molar-refractivity contribution in [1.29, 1.82) is 0 Å². The lowest BCUT2D eigenvalue weighted by molar-refractivity contribution is 0.288. The zero-order chi connectivity index (χ0) is 40.7. The van der Waals surface area contributed by atoms with E-state index in [4.69, 9.17) is 0 Å². The Hall–Kier alpha value is -5.52. The molecule has 0 heterocycles. The number of hydrogen-bond acceptors (Lipinski definition) is 3. The second-order valence-electron chi connectivity index (χ2n) is 10.3. The van der Waals surface area contributed by atoms with Crippen molar-refractivity contribution in [3.63, 3.8) is 0 Å². The predicted molar refractivity (Wildman–Crippen MR) is 138 cm³/mol. The number of hydrogen-bond donors (Lipinski definition) is 2. The van der Waals surface area contributed by atoms with Crippen LogP contribution in [0.5, 0.6) is 5.75 Å². The maximum atomic E-state index is 15.6. The summed E-state index contributed by atoms with van der Waals surface area (Å²) in [4.78, 5) is 0. The molecule has 0 aliphatic carbocycles. The molecule has 0 spiro atoms. The largest absolute Gasteiger partial charge is 0.707 e. The van der Waals surface area contributed by atoms with Gasteiger partial charge in [-0.2, -0.15) is 0 Å². The standard InChI is InChI=1S/C30H3BF20O3/c32-11-5(12(33)20(41)27(48)19(11)40)2-1-3(54-31(52)53)6(9-15(36)23(44)29(50)24(45)16(9)37)7(10-17(38)25(46)30(51)26(47)18(10)39)4(2)8-13(34)21(42)28(49)22(43)14(8)35/h1,52-53H. The zero-order valence-corrected chi connectivity index (χ0v) is 24.5. The van der Waals surface area contributed by atoms with Gasteiger partial charge < -0.3 is 14.7 Å². The summed E-state index contributed by atoms with van der Waals surface area (Å²) >= 11 is 0. The summed E-state index contributed by atoms with van der Waals surface area (Å²) in [6.45, 7) is 0. The van der Waals surface area contributed by atoms with Crippen molar-refractivity contribution in [2.45, 2.75) is 0 Å². The molecule has 0 atom stereocenters. The first-order valence-electron chi connectivity index (χ1n) is 13.3. The fraction of sp³-hybridized carbons (Fsp3) is 0. The van der Waals surface area contributed by atoms with Gasteiger partial charge in [0.1, 0.15) is 5.75 Å². The highest BCUT2D eigenvalue weighted by atomic mass is 19.2. The number of halogens is 20. The summed E-state index contributed by atoms with van der Waals surface area (Å²) in [5, 5.41) is 19.0. The Labute approximate surface area is 283 Å². The van der Waals surface area contributed by atoms with Crippen molar-refractivity contribution in [3.05, 3.63) is 122 Å². The Morgan fingerprint density at radius 1 is 0.278 bits per heavy atom. The third-order valence-corrected chi connectivity index (χ3v) is 7.38. The molecule has 0 bridgehead atoms. The fourth-order valence-corrected chi connectivity index (χ4v) is 5.13. The predicted octanol–water partition coefficient (Wildman–Crippen LogP) is 9.48. The third-order valence-electron chi connectivity index (χ3n) is 7.38. The molecule has 5 aromatic carbocycles. The van der Waals surface area contributed by atoms with Crippen LogP contribution < -0.4 is 4.65 Å². The minimum atomic E-state index is -3.63. The van der Waals surface area contributed by atoms with Gasteiger partial charge in [0, 0.05) is 22.3 Å². The molecule has 0 aliphatic rings. The van der Waals surface area contributed by atoms with Gasteiger partial charge in [-0.05, 0) is 6.07 Å². The first kappa shape index (κ1) is 39.7. The van der Waals surface area contributed by atoms with Gasteiger partial charge >= 0.3 is 7.32 Å². The Morgan fingerprint density at radius 3 is 0.778 bits per heavy atom. The molecule has 5 rings (SSSR count). The van der Waals surface area contributed by atoms with Crippen molar-refractivity contribution in [2.75, 3.05) is 0 Å². The topological polar surface area (TPSA) is 49.7 Å². The monoisotopic (exact) mass is 802 g/mol. The van der Waals surface area contributed by atoms with Crippen molar-refractivity contribution in [3.8, 4) is 50.3 Å². The van der Waals surface area contributed by atoms with Crippen molar-refractivity contribution >= 4 is 7.32 Å². The molecule has 3 nitrogen and oxygen atoms in total. The van der Waals surface area contributed by atoms with Gasteiger partial charge in [0.2, 0.25) is 23.3 Å². The zero-order valence-electron chi connectivity index (χ0n) is 24.5. The molecule has 0 radical (unpaired) electrons. The lowest BCUT2D eigenvalue weighted by atomic mass is 9.80. The highest BCUT2D eigenvalue weighted by Crippen LogP contribution is 2.55. The quantitative estimate of drug-likeness (QED) is 0.0779. The van der Waals surface area contributed by atoms with Gasteiger partial charge in [-0.15, -0.1) is 0 Å². The van der Waals surface area contributed by atoms with Crippen LogP contribution in [0.15, 0.2) is 6.07 Å². The van der Waals surface area contributed by atoms with E-state index in [0.717, 1.165) is 0 Å². The fourth-order valence-electron chi connectivity index (χ4n) is 5.13. The van der Waals surface area contributed by atoms with Crippen LogP contribution in [-0.2, 0) is 0 Å². The van der Waals surface area contributed by atoms with E-state index in [9.17, 15) is 62.7 Å². The summed E-state index contributed by atoms with van der Waals surface area (Å²) in [6.07, 6.45) is 0. The minimum Gasteiger partial charge on any atom is -0.511 e. The van der Waals surface area contributed by atoms with E-state index in [2.05, 4.69) is 4.65 Å². The average molecular weight is 802 g/mol. The highest BCUT2D eigenvalue weighted by molar-refractivity contribution is 6.34. The summed E-state index contributed by atoms with van der Waals surface area (Å²) < 4.78 is 301. The molecule has 0 unspecified atom stereocenters. The summed E-state index contributed by atoms with van der Waals surface area (Å²) in [6, 6.07) is -0.659. The number of rotatable bonds is 6. The molecule has 2 N–H and O–H groups in total. The van der Waals surface area contributed by atoms with Crippen LogP contribution in [-0.4, -0.2) is 17.4 Å². The first-order valence-corrected chi connectivity index (χ1v) is 13.3. The van der Waals surface area contributed by atoms with Crippen LogP contribution in [0.25, 0.3) is 44.5 Å². The van der Waals surface area contributed by atoms with Crippen molar-refractivity contribution in [2.24, 2.45) is 0 Å². The molecule has 0 aliphatic heterocycles. The van der Waals surface area contributed by atoms with Crippen molar-refractivity contribution < 1.29 is 103 Å². The molecule has 54 heavy (non-hydrogen) atoms. The van der Waals surface area contributed by atoms with Crippen LogP contribution in [0.4, 0.5) is 87.8 Å². The Balaban J connectivity index is 2.36. The first-order chi connectivity index (χ1) is 25.0. The van der Waals surface area contributed by atoms with Gasteiger partial charge in [0.15, 0.2) is 93.1 Å². The van der Waals surface area contributed by atoms with E-state index in [0.29, 0.717) is 0 Å². The van der Waals surface area contributed by atoms with Gasteiger partial charge in [-0.25, -0.2) is 87.8 Å². The van der Waals surface area contributed by atoms with E-state index in [1.807, 2.05) is 0 Å².